The number of rotatable bonds is 3. The topological polar surface area (TPSA) is 89.3 Å². The number of nitrogens with two attached hydrogens (primary N) is 1. The summed E-state index contributed by atoms with van der Waals surface area (Å²) in [4.78, 5) is 12.2. The van der Waals surface area contributed by atoms with Gasteiger partial charge in [-0.1, -0.05) is 13.0 Å². The van der Waals surface area contributed by atoms with Crippen LogP contribution >= 0.6 is 0 Å². The number of carbonyl (C=O) groups is 1. The molecule has 0 bridgehead atoms. The van der Waals surface area contributed by atoms with Crippen molar-refractivity contribution < 1.29 is 13.2 Å². The van der Waals surface area contributed by atoms with Gasteiger partial charge >= 0.3 is 0 Å². The fraction of sp³-hybridized carbons (Fsp3) is 0.500. The van der Waals surface area contributed by atoms with Gasteiger partial charge in [-0.3, -0.25) is 4.79 Å². The number of hydrogen-bond acceptors (Lipinski definition) is 3. The van der Waals surface area contributed by atoms with E-state index in [1.807, 2.05) is 0 Å². The van der Waals surface area contributed by atoms with Crippen molar-refractivity contribution in [3.63, 3.8) is 0 Å². The van der Waals surface area contributed by atoms with Gasteiger partial charge in [0, 0.05) is 11.6 Å². The highest BCUT2D eigenvalue weighted by molar-refractivity contribution is 7.89. The summed E-state index contributed by atoms with van der Waals surface area (Å²) in [7, 11) is -3.74. The van der Waals surface area contributed by atoms with E-state index in [9.17, 15) is 13.2 Å². The van der Waals surface area contributed by atoms with Crippen molar-refractivity contribution in [3.8, 4) is 0 Å². The van der Waals surface area contributed by atoms with Gasteiger partial charge in [-0.25, -0.2) is 13.6 Å². The van der Waals surface area contributed by atoms with Gasteiger partial charge < -0.3 is 5.32 Å². The monoisotopic (exact) mass is 296 g/mol. The van der Waals surface area contributed by atoms with Crippen molar-refractivity contribution in [1.29, 1.82) is 0 Å². The van der Waals surface area contributed by atoms with Gasteiger partial charge in [-0.15, -0.1) is 0 Å². The molecular weight excluding hydrogens is 276 g/mol. The predicted molar refractivity (Wildman–Crippen MR) is 77.6 cm³/mol. The number of sulfonamides is 1. The van der Waals surface area contributed by atoms with Gasteiger partial charge in [0.2, 0.25) is 15.9 Å². The van der Waals surface area contributed by atoms with Gasteiger partial charge in [0.25, 0.3) is 0 Å². The molecule has 0 aromatic heterocycles. The van der Waals surface area contributed by atoms with E-state index in [1.54, 1.807) is 12.1 Å². The Morgan fingerprint density at radius 2 is 1.90 bits per heavy atom. The van der Waals surface area contributed by atoms with Crippen molar-refractivity contribution in [3.05, 3.63) is 24.3 Å². The van der Waals surface area contributed by atoms with Crippen LogP contribution in [-0.4, -0.2) is 14.3 Å². The van der Waals surface area contributed by atoms with Crippen LogP contribution in [0.3, 0.4) is 0 Å². The first-order valence-corrected chi connectivity index (χ1v) is 8.34. The molecule has 1 fully saturated rings. The van der Waals surface area contributed by atoms with Crippen LogP contribution in [0.15, 0.2) is 29.2 Å². The van der Waals surface area contributed by atoms with Crippen LogP contribution in [0.2, 0.25) is 0 Å². The number of benzene rings is 1. The van der Waals surface area contributed by atoms with Gasteiger partial charge in [0.1, 0.15) is 0 Å². The standard InChI is InChI=1S/C14H20N2O3S/c1-10-5-7-11(8-6-10)14(17)16-12-3-2-4-13(9-12)20(15,18)19/h2-4,9-11H,5-8H2,1H3,(H,16,17)(H2,15,18,19). The molecule has 0 radical (unpaired) electrons. The SMILES string of the molecule is CC1CCC(C(=O)Nc2cccc(S(N)(=O)=O)c2)CC1. The van der Waals surface area contributed by atoms with Crippen LogP contribution in [0.25, 0.3) is 0 Å². The molecule has 0 atom stereocenters. The lowest BCUT2D eigenvalue weighted by Gasteiger charge is -2.25. The third-order valence-electron chi connectivity index (χ3n) is 3.82. The number of nitrogens with one attached hydrogen (secondary N) is 1. The maximum atomic E-state index is 12.1. The molecule has 0 aliphatic heterocycles. The molecule has 3 N–H and O–H groups in total. The van der Waals surface area contributed by atoms with Crippen molar-refractivity contribution in [2.24, 2.45) is 17.0 Å². The zero-order valence-electron chi connectivity index (χ0n) is 11.5. The highest BCUT2D eigenvalue weighted by Crippen LogP contribution is 2.29. The first-order valence-electron chi connectivity index (χ1n) is 6.80. The Balaban J connectivity index is 2.05. The zero-order valence-corrected chi connectivity index (χ0v) is 12.3. The van der Waals surface area contributed by atoms with E-state index in [2.05, 4.69) is 12.2 Å². The van der Waals surface area contributed by atoms with Crippen LogP contribution in [0.5, 0.6) is 0 Å². The molecule has 1 aromatic rings. The smallest absolute Gasteiger partial charge is 0.238 e. The Morgan fingerprint density at radius 1 is 1.25 bits per heavy atom. The minimum absolute atomic E-state index is 0.00701. The van der Waals surface area contributed by atoms with Crippen molar-refractivity contribution in [2.75, 3.05) is 5.32 Å². The lowest BCUT2D eigenvalue weighted by Crippen LogP contribution is -2.26. The number of anilines is 1. The molecule has 1 saturated carbocycles. The lowest BCUT2D eigenvalue weighted by molar-refractivity contribution is -0.121. The number of primary sulfonamides is 1. The molecule has 0 unspecified atom stereocenters. The lowest BCUT2D eigenvalue weighted by atomic mass is 9.82. The Labute approximate surface area is 119 Å². The molecule has 5 nitrogen and oxygen atoms in total. The Hall–Kier alpha value is -1.40. The molecule has 2 rings (SSSR count). The third kappa shape index (κ3) is 3.80. The van der Waals surface area contributed by atoms with E-state index >= 15 is 0 Å². The summed E-state index contributed by atoms with van der Waals surface area (Å²) in [5.74, 6) is 0.664. The van der Waals surface area contributed by atoms with Gasteiger partial charge in [0.15, 0.2) is 0 Å². The summed E-state index contributed by atoms with van der Waals surface area (Å²) in [6.45, 7) is 2.20. The van der Waals surface area contributed by atoms with Crippen LogP contribution in [0, 0.1) is 11.8 Å². The summed E-state index contributed by atoms with van der Waals surface area (Å²) < 4.78 is 22.5. The highest BCUT2D eigenvalue weighted by atomic mass is 32.2. The fourth-order valence-corrected chi connectivity index (χ4v) is 3.08. The number of carbonyl (C=O) groups excluding carboxylic acids is 1. The molecular formula is C14H20N2O3S. The minimum atomic E-state index is -3.74. The highest BCUT2D eigenvalue weighted by Gasteiger charge is 2.24. The van der Waals surface area contributed by atoms with E-state index in [4.69, 9.17) is 5.14 Å². The average Bonchev–Trinajstić information content (AvgIpc) is 2.38. The molecule has 1 aliphatic carbocycles. The molecule has 20 heavy (non-hydrogen) atoms. The summed E-state index contributed by atoms with van der Waals surface area (Å²) in [6.07, 6.45) is 3.91. The predicted octanol–water partition coefficient (Wildman–Crippen LogP) is 2.10. The largest absolute Gasteiger partial charge is 0.326 e. The summed E-state index contributed by atoms with van der Waals surface area (Å²) in [5, 5.41) is 7.85. The molecule has 110 valence electrons. The Bertz CT molecular complexity index is 590. The number of hydrogen-bond donors (Lipinski definition) is 2. The third-order valence-corrected chi connectivity index (χ3v) is 4.73. The average molecular weight is 296 g/mol. The first-order chi connectivity index (χ1) is 9.36. The second-order valence-electron chi connectivity index (χ2n) is 5.52. The quantitative estimate of drug-likeness (QED) is 0.895. The van der Waals surface area contributed by atoms with Crippen LogP contribution in [-0.2, 0) is 14.8 Å². The van der Waals surface area contributed by atoms with E-state index < -0.39 is 10.0 Å². The van der Waals surface area contributed by atoms with E-state index in [1.165, 1.54) is 12.1 Å². The van der Waals surface area contributed by atoms with Crippen molar-refractivity contribution >= 4 is 21.6 Å². The molecule has 1 amide bonds. The van der Waals surface area contributed by atoms with Gasteiger partial charge in [-0.05, 0) is 49.8 Å². The first kappa shape index (κ1) is 15.0. The van der Waals surface area contributed by atoms with E-state index in [-0.39, 0.29) is 16.7 Å². The zero-order chi connectivity index (χ0) is 14.8. The molecule has 0 saturated heterocycles. The molecule has 0 spiro atoms. The Morgan fingerprint density at radius 3 is 2.50 bits per heavy atom. The minimum Gasteiger partial charge on any atom is -0.326 e. The van der Waals surface area contributed by atoms with Gasteiger partial charge in [-0.2, -0.15) is 0 Å². The van der Waals surface area contributed by atoms with Crippen molar-refractivity contribution in [1.82, 2.24) is 0 Å². The fourth-order valence-electron chi connectivity index (χ4n) is 2.52. The van der Waals surface area contributed by atoms with Crippen molar-refractivity contribution in [2.45, 2.75) is 37.5 Å². The summed E-state index contributed by atoms with van der Waals surface area (Å²) in [6, 6.07) is 6.03. The molecule has 1 aromatic carbocycles. The maximum Gasteiger partial charge on any atom is 0.238 e. The maximum absolute atomic E-state index is 12.1. The molecule has 1 aliphatic rings. The van der Waals surface area contributed by atoms with Crippen LogP contribution in [0.1, 0.15) is 32.6 Å². The molecule has 0 heterocycles. The van der Waals surface area contributed by atoms with Crippen LogP contribution < -0.4 is 10.5 Å². The summed E-state index contributed by atoms with van der Waals surface area (Å²) >= 11 is 0. The second kappa shape index (κ2) is 5.93. The van der Waals surface area contributed by atoms with Crippen LogP contribution in [0.4, 0.5) is 5.69 Å². The second-order valence-corrected chi connectivity index (χ2v) is 7.08. The van der Waals surface area contributed by atoms with E-state index in [0.29, 0.717) is 11.6 Å². The van der Waals surface area contributed by atoms with E-state index in [0.717, 1.165) is 25.7 Å². The summed E-state index contributed by atoms with van der Waals surface area (Å²) in [5.41, 5.74) is 0.472. The molecule has 6 heteroatoms. The normalized spacial score (nSPS) is 23.3. The number of amides is 1. The Kier molecular flexibility index (Phi) is 4.45. The van der Waals surface area contributed by atoms with Gasteiger partial charge in [0.05, 0.1) is 4.90 Å².